The van der Waals surface area contributed by atoms with Crippen LogP contribution in [0.1, 0.15) is 5.56 Å². The molecule has 0 saturated carbocycles. The molecule has 0 spiro atoms. The Bertz CT molecular complexity index is 1290. The summed E-state index contributed by atoms with van der Waals surface area (Å²) in [6.45, 7) is 0. The highest BCUT2D eigenvalue weighted by Crippen LogP contribution is 2.21. The molecule has 0 fully saturated rings. The Labute approximate surface area is 173 Å². The summed E-state index contributed by atoms with van der Waals surface area (Å²) >= 11 is 13.2. The number of hydrogen-bond acceptors (Lipinski definition) is 5. The van der Waals surface area contributed by atoms with Gasteiger partial charge in [-0.1, -0.05) is 47.1 Å². The fourth-order valence-electron chi connectivity index (χ4n) is 2.66. The first-order chi connectivity index (χ1) is 13.5. The highest BCUT2D eigenvalue weighted by atomic mass is 35.5. The van der Waals surface area contributed by atoms with E-state index in [-0.39, 0.29) is 11.0 Å². The van der Waals surface area contributed by atoms with Crippen molar-refractivity contribution in [2.45, 2.75) is 10.9 Å². The number of nitrogens with zero attached hydrogens (tertiary/aromatic N) is 3. The van der Waals surface area contributed by atoms with E-state index in [1.165, 1.54) is 18.0 Å². The lowest BCUT2D eigenvalue weighted by Crippen LogP contribution is -2.34. The number of hydrogen-bond donors (Lipinski definition) is 1. The average Bonchev–Trinajstić information content (AvgIpc) is 2.68. The minimum absolute atomic E-state index is 0.198. The predicted octanol–water partition coefficient (Wildman–Crippen LogP) is 4.07. The minimum Gasteiger partial charge on any atom is -0.291 e. The number of benzene rings is 2. The topological polar surface area (TPSA) is 80.6 Å². The van der Waals surface area contributed by atoms with E-state index in [0.29, 0.717) is 26.6 Å². The molecule has 0 aliphatic rings. The molecule has 2 aromatic carbocycles. The van der Waals surface area contributed by atoms with Crippen LogP contribution in [-0.2, 0) is 5.75 Å². The van der Waals surface area contributed by atoms with Crippen molar-refractivity contribution in [3.63, 3.8) is 0 Å². The van der Waals surface area contributed by atoms with Gasteiger partial charge in [-0.2, -0.15) is 0 Å². The van der Waals surface area contributed by atoms with E-state index in [1.54, 1.807) is 30.3 Å². The molecule has 2 heterocycles. The molecule has 4 aromatic rings. The zero-order chi connectivity index (χ0) is 19.7. The molecule has 0 saturated heterocycles. The van der Waals surface area contributed by atoms with Crippen LogP contribution < -0.4 is 11.2 Å². The fourth-order valence-corrected chi connectivity index (χ4v) is 3.75. The second-order valence-electron chi connectivity index (χ2n) is 5.88. The lowest BCUT2D eigenvalue weighted by molar-refractivity contribution is 0.877. The molecule has 2 aromatic heterocycles. The maximum absolute atomic E-state index is 12.8. The molecular formula is C19H12Cl2N4O2S. The van der Waals surface area contributed by atoms with E-state index in [0.717, 1.165) is 10.1 Å². The van der Waals surface area contributed by atoms with Gasteiger partial charge in [0.05, 0.1) is 5.69 Å². The Morgan fingerprint density at radius 3 is 2.57 bits per heavy atom. The third-order valence-electron chi connectivity index (χ3n) is 3.97. The summed E-state index contributed by atoms with van der Waals surface area (Å²) in [7, 11) is 0. The predicted molar refractivity (Wildman–Crippen MR) is 112 cm³/mol. The molecule has 0 atom stereocenters. The Kier molecular flexibility index (Phi) is 5.21. The van der Waals surface area contributed by atoms with Gasteiger partial charge in [0, 0.05) is 22.0 Å². The summed E-state index contributed by atoms with van der Waals surface area (Å²) in [5.41, 5.74) is 0.561. The van der Waals surface area contributed by atoms with Crippen molar-refractivity contribution in [1.29, 1.82) is 0 Å². The molecule has 0 unspecified atom stereocenters. The summed E-state index contributed by atoms with van der Waals surface area (Å²) in [5.74, 6) is 0.609. The molecule has 6 nitrogen and oxygen atoms in total. The largest absolute Gasteiger partial charge is 0.334 e. The van der Waals surface area contributed by atoms with Gasteiger partial charge in [-0.25, -0.2) is 19.3 Å². The van der Waals surface area contributed by atoms with Crippen LogP contribution in [0.2, 0.25) is 10.0 Å². The number of rotatable bonds is 4. The van der Waals surface area contributed by atoms with Gasteiger partial charge in [-0.05, 0) is 42.0 Å². The zero-order valence-corrected chi connectivity index (χ0v) is 16.6. The van der Waals surface area contributed by atoms with E-state index in [1.807, 2.05) is 18.2 Å². The van der Waals surface area contributed by atoms with Crippen LogP contribution in [0.4, 0.5) is 0 Å². The third kappa shape index (κ3) is 3.82. The maximum Gasteiger partial charge on any atom is 0.334 e. The van der Waals surface area contributed by atoms with Crippen molar-refractivity contribution in [2.75, 3.05) is 0 Å². The summed E-state index contributed by atoms with van der Waals surface area (Å²) in [6.07, 6.45) is 1.42. The standard InChI is InChI=1S/C19H12Cl2N4O2S/c20-12-4-6-14(7-5-12)25-17(26)15-9-22-18(23-16(15)24-19(25)27)28-10-11-2-1-3-13(21)8-11/h1-9H,10H2,(H,22,23,24,27). The highest BCUT2D eigenvalue weighted by Gasteiger charge is 2.12. The van der Waals surface area contributed by atoms with Crippen LogP contribution in [0.25, 0.3) is 16.7 Å². The number of H-pyrrole nitrogens is 1. The molecule has 0 aliphatic heterocycles. The summed E-state index contributed by atoms with van der Waals surface area (Å²) in [5, 5.41) is 1.84. The van der Waals surface area contributed by atoms with E-state index >= 15 is 0 Å². The van der Waals surface area contributed by atoms with E-state index in [4.69, 9.17) is 23.2 Å². The highest BCUT2D eigenvalue weighted by molar-refractivity contribution is 7.98. The van der Waals surface area contributed by atoms with E-state index in [9.17, 15) is 9.59 Å². The fraction of sp³-hybridized carbons (Fsp3) is 0.0526. The molecule has 140 valence electrons. The maximum atomic E-state index is 12.8. The normalized spacial score (nSPS) is 11.1. The second kappa shape index (κ2) is 7.79. The molecule has 0 radical (unpaired) electrons. The van der Waals surface area contributed by atoms with Crippen LogP contribution in [-0.4, -0.2) is 19.5 Å². The molecule has 0 amide bonds. The van der Waals surface area contributed by atoms with Gasteiger partial charge in [0.2, 0.25) is 0 Å². The van der Waals surface area contributed by atoms with Crippen molar-refractivity contribution < 1.29 is 0 Å². The minimum atomic E-state index is -0.579. The lowest BCUT2D eigenvalue weighted by atomic mass is 10.2. The van der Waals surface area contributed by atoms with Crippen molar-refractivity contribution in [3.8, 4) is 5.69 Å². The summed E-state index contributed by atoms with van der Waals surface area (Å²) < 4.78 is 1.03. The SMILES string of the molecule is O=c1[nH]c2nc(SCc3cccc(Cl)c3)ncc2c(=O)n1-c1ccc(Cl)cc1. The Hall–Kier alpha value is -2.61. The number of halogens is 2. The number of thioether (sulfide) groups is 1. The first-order valence-electron chi connectivity index (χ1n) is 8.16. The summed E-state index contributed by atoms with van der Waals surface area (Å²) in [6, 6.07) is 13.9. The van der Waals surface area contributed by atoms with Gasteiger partial charge in [-0.3, -0.25) is 9.78 Å². The average molecular weight is 431 g/mol. The monoisotopic (exact) mass is 430 g/mol. The summed E-state index contributed by atoms with van der Waals surface area (Å²) in [4.78, 5) is 36.4. The first-order valence-corrected chi connectivity index (χ1v) is 9.91. The van der Waals surface area contributed by atoms with E-state index < -0.39 is 11.2 Å². The number of aromatic amines is 1. The van der Waals surface area contributed by atoms with Crippen molar-refractivity contribution in [2.24, 2.45) is 0 Å². The molecule has 28 heavy (non-hydrogen) atoms. The Balaban J connectivity index is 1.69. The molecule has 0 aliphatic carbocycles. The van der Waals surface area contributed by atoms with Crippen molar-refractivity contribution >= 4 is 46.0 Å². The quantitative estimate of drug-likeness (QED) is 0.389. The third-order valence-corrected chi connectivity index (χ3v) is 5.39. The van der Waals surface area contributed by atoms with Crippen molar-refractivity contribution in [3.05, 3.63) is 91.2 Å². The molecule has 0 bridgehead atoms. The molecule has 1 N–H and O–H groups in total. The smallest absolute Gasteiger partial charge is 0.291 e. The number of nitrogens with one attached hydrogen (secondary N) is 1. The zero-order valence-electron chi connectivity index (χ0n) is 14.2. The Morgan fingerprint density at radius 2 is 1.82 bits per heavy atom. The van der Waals surface area contributed by atoms with Crippen LogP contribution in [0.3, 0.4) is 0 Å². The number of aromatic nitrogens is 4. The van der Waals surface area contributed by atoms with Crippen LogP contribution in [0.15, 0.2) is 69.5 Å². The van der Waals surface area contributed by atoms with Crippen LogP contribution >= 0.6 is 35.0 Å². The van der Waals surface area contributed by atoms with Crippen LogP contribution in [0.5, 0.6) is 0 Å². The van der Waals surface area contributed by atoms with Gasteiger partial charge in [0.15, 0.2) is 10.8 Å². The van der Waals surface area contributed by atoms with E-state index in [2.05, 4.69) is 15.0 Å². The van der Waals surface area contributed by atoms with Gasteiger partial charge >= 0.3 is 5.69 Å². The molecule has 4 rings (SSSR count). The first kappa shape index (κ1) is 18.7. The number of fused-ring (bicyclic) bond motifs is 1. The van der Waals surface area contributed by atoms with Crippen molar-refractivity contribution in [1.82, 2.24) is 19.5 Å². The van der Waals surface area contributed by atoms with Crippen LogP contribution in [0, 0.1) is 0 Å². The molecular weight excluding hydrogens is 419 g/mol. The Morgan fingerprint density at radius 1 is 1.04 bits per heavy atom. The van der Waals surface area contributed by atoms with Gasteiger partial charge in [-0.15, -0.1) is 0 Å². The lowest BCUT2D eigenvalue weighted by Gasteiger charge is -2.07. The van der Waals surface area contributed by atoms with Gasteiger partial charge < -0.3 is 0 Å². The van der Waals surface area contributed by atoms with Gasteiger partial charge in [0.1, 0.15) is 5.39 Å². The van der Waals surface area contributed by atoms with Gasteiger partial charge in [0.25, 0.3) is 5.56 Å². The molecule has 9 heteroatoms. The second-order valence-corrected chi connectivity index (χ2v) is 7.70.